The number of carbonyl (C=O) groups is 1. The zero-order chi connectivity index (χ0) is 14.1. The van der Waals surface area contributed by atoms with Gasteiger partial charge in [-0.25, -0.2) is 0 Å². The Balaban J connectivity index is 2.41. The summed E-state index contributed by atoms with van der Waals surface area (Å²) >= 11 is 0. The van der Waals surface area contributed by atoms with Crippen molar-refractivity contribution >= 4 is 5.91 Å². The van der Waals surface area contributed by atoms with Crippen LogP contribution in [0.25, 0.3) is 0 Å². The molecule has 19 heavy (non-hydrogen) atoms. The molecule has 0 bridgehead atoms. The van der Waals surface area contributed by atoms with Gasteiger partial charge in [-0.05, 0) is 44.4 Å². The van der Waals surface area contributed by atoms with Crippen molar-refractivity contribution in [1.29, 1.82) is 0 Å². The van der Waals surface area contributed by atoms with Gasteiger partial charge in [-0.3, -0.25) is 4.79 Å². The minimum absolute atomic E-state index is 0.203. The smallest absolute Gasteiger partial charge is 0.222 e. The highest BCUT2D eigenvalue weighted by molar-refractivity contribution is 5.76. The Morgan fingerprint density at radius 2 is 2.21 bits per heavy atom. The number of furan rings is 1. The van der Waals surface area contributed by atoms with Crippen LogP contribution in [0.2, 0.25) is 0 Å². The van der Waals surface area contributed by atoms with Crippen molar-refractivity contribution < 1.29 is 9.21 Å². The molecule has 0 aromatic carbocycles. The van der Waals surface area contributed by atoms with Crippen molar-refractivity contribution in [3.05, 3.63) is 24.2 Å². The topological polar surface area (TPSA) is 59.5 Å². The number of carbonyl (C=O) groups excluding carboxylic acids is 1. The lowest BCUT2D eigenvalue weighted by molar-refractivity contribution is -0.132. The fraction of sp³-hybridized carbons (Fsp3) is 0.667. The first-order valence-corrected chi connectivity index (χ1v) is 7.21. The monoisotopic (exact) mass is 266 g/mol. The average Bonchev–Trinajstić information content (AvgIpc) is 2.93. The Kier molecular flexibility index (Phi) is 7.26. The van der Waals surface area contributed by atoms with E-state index >= 15 is 0 Å². The third-order valence-electron chi connectivity index (χ3n) is 3.58. The van der Waals surface area contributed by atoms with Gasteiger partial charge in [0.1, 0.15) is 5.76 Å². The van der Waals surface area contributed by atoms with E-state index < -0.39 is 0 Å². The van der Waals surface area contributed by atoms with Crippen molar-refractivity contribution in [2.45, 2.75) is 46.1 Å². The number of hydrogen-bond acceptors (Lipinski definition) is 3. The molecule has 1 amide bonds. The molecular formula is C15H26N2O2. The molecule has 4 heteroatoms. The van der Waals surface area contributed by atoms with E-state index in [0.717, 1.165) is 25.0 Å². The van der Waals surface area contributed by atoms with Crippen LogP contribution in [0.15, 0.2) is 22.8 Å². The van der Waals surface area contributed by atoms with Crippen LogP contribution >= 0.6 is 0 Å². The van der Waals surface area contributed by atoms with E-state index in [1.54, 1.807) is 6.26 Å². The maximum Gasteiger partial charge on any atom is 0.222 e. The van der Waals surface area contributed by atoms with Crippen LogP contribution in [0.5, 0.6) is 0 Å². The quantitative estimate of drug-likeness (QED) is 0.747. The van der Waals surface area contributed by atoms with E-state index in [2.05, 4.69) is 6.92 Å². The Morgan fingerprint density at radius 1 is 1.42 bits per heavy atom. The number of amides is 1. The molecule has 1 aromatic heterocycles. The van der Waals surface area contributed by atoms with Crippen molar-refractivity contribution in [3.63, 3.8) is 0 Å². The predicted molar refractivity (Wildman–Crippen MR) is 76.5 cm³/mol. The lowest BCUT2D eigenvalue weighted by atomic mass is 9.96. The van der Waals surface area contributed by atoms with Gasteiger partial charge in [-0.2, -0.15) is 0 Å². The highest BCUT2D eigenvalue weighted by atomic mass is 16.3. The van der Waals surface area contributed by atoms with Gasteiger partial charge in [0.2, 0.25) is 5.91 Å². The molecule has 0 aliphatic rings. The Labute approximate surface area is 116 Å². The zero-order valence-corrected chi connectivity index (χ0v) is 12.1. The van der Waals surface area contributed by atoms with E-state index in [1.165, 1.54) is 0 Å². The lowest BCUT2D eigenvalue weighted by Crippen LogP contribution is -2.30. The first-order chi connectivity index (χ1) is 9.21. The van der Waals surface area contributed by atoms with Gasteiger partial charge in [-0.1, -0.05) is 13.3 Å². The highest BCUT2D eigenvalue weighted by Crippen LogP contribution is 2.16. The number of nitrogens with zero attached hydrogens (tertiary/aromatic N) is 1. The van der Waals surface area contributed by atoms with Crippen LogP contribution in [0.1, 0.15) is 45.3 Å². The Bertz CT molecular complexity index is 349. The molecule has 1 heterocycles. The molecule has 1 aromatic rings. The first kappa shape index (κ1) is 15.8. The van der Waals surface area contributed by atoms with Gasteiger partial charge in [0.05, 0.1) is 12.8 Å². The van der Waals surface area contributed by atoms with Crippen LogP contribution in [-0.2, 0) is 11.3 Å². The van der Waals surface area contributed by atoms with Gasteiger partial charge in [0, 0.05) is 13.0 Å². The summed E-state index contributed by atoms with van der Waals surface area (Å²) in [7, 11) is 0. The standard InChI is InChI=1S/C15H26N2O2/c1-3-13(9-10-16)7-8-15(18)17(4-2)12-14-6-5-11-19-14/h5-6,11,13H,3-4,7-10,12,16H2,1-2H3. The third-order valence-corrected chi connectivity index (χ3v) is 3.58. The second kappa shape index (κ2) is 8.75. The van der Waals surface area contributed by atoms with Crippen molar-refractivity contribution in [2.24, 2.45) is 11.7 Å². The van der Waals surface area contributed by atoms with Crippen LogP contribution in [0.3, 0.4) is 0 Å². The molecule has 0 saturated heterocycles. The molecular weight excluding hydrogens is 240 g/mol. The van der Waals surface area contributed by atoms with Gasteiger partial charge in [-0.15, -0.1) is 0 Å². The molecule has 1 rings (SSSR count). The highest BCUT2D eigenvalue weighted by Gasteiger charge is 2.15. The normalized spacial score (nSPS) is 12.4. The molecule has 1 atom stereocenters. The van der Waals surface area contributed by atoms with Gasteiger partial charge in [0.25, 0.3) is 0 Å². The number of nitrogens with two attached hydrogens (primary N) is 1. The largest absolute Gasteiger partial charge is 0.467 e. The Hall–Kier alpha value is -1.29. The maximum absolute atomic E-state index is 12.2. The van der Waals surface area contributed by atoms with Gasteiger partial charge in [0.15, 0.2) is 0 Å². The summed E-state index contributed by atoms with van der Waals surface area (Å²) in [5.41, 5.74) is 5.58. The van der Waals surface area contributed by atoms with Gasteiger partial charge < -0.3 is 15.1 Å². The second-order valence-electron chi connectivity index (χ2n) is 4.88. The fourth-order valence-corrected chi connectivity index (χ4v) is 2.24. The molecule has 1 unspecified atom stereocenters. The summed E-state index contributed by atoms with van der Waals surface area (Å²) in [4.78, 5) is 14.0. The molecule has 0 aliphatic heterocycles. The minimum Gasteiger partial charge on any atom is -0.467 e. The molecule has 2 N–H and O–H groups in total. The summed E-state index contributed by atoms with van der Waals surface area (Å²) in [5.74, 6) is 1.61. The van der Waals surface area contributed by atoms with E-state index in [0.29, 0.717) is 32.0 Å². The molecule has 0 radical (unpaired) electrons. The number of rotatable bonds is 9. The lowest BCUT2D eigenvalue weighted by Gasteiger charge is -2.21. The molecule has 0 saturated carbocycles. The van der Waals surface area contributed by atoms with Crippen molar-refractivity contribution in [1.82, 2.24) is 4.90 Å². The van der Waals surface area contributed by atoms with E-state index in [4.69, 9.17) is 10.2 Å². The molecule has 0 aliphatic carbocycles. The number of hydrogen-bond donors (Lipinski definition) is 1. The summed E-state index contributed by atoms with van der Waals surface area (Å²) in [6.45, 7) is 6.14. The molecule has 108 valence electrons. The molecule has 0 fully saturated rings. The predicted octanol–water partition coefficient (Wildman–Crippen LogP) is 2.78. The van der Waals surface area contributed by atoms with Crippen molar-refractivity contribution in [2.75, 3.05) is 13.1 Å². The van der Waals surface area contributed by atoms with Crippen LogP contribution < -0.4 is 5.73 Å². The summed E-state index contributed by atoms with van der Waals surface area (Å²) < 4.78 is 5.29. The zero-order valence-electron chi connectivity index (χ0n) is 12.1. The van der Waals surface area contributed by atoms with Crippen LogP contribution in [0, 0.1) is 5.92 Å². The van der Waals surface area contributed by atoms with Crippen molar-refractivity contribution in [3.8, 4) is 0 Å². The summed E-state index contributed by atoms with van der Waals surface area (Å²) in [6, 6.07) is 3.75. The second-order valence-corrected chi connectivity index (χ2v) is 4.88. The summed E-state index contributed by atoms with van der Waals surface area (Å²) in [5, 5.41) is 0. The first-order valence-electron chi connectivity index (χ1n) is 7.21. The molecule has 0 spiro atoms. The average molecular weight is 266 g/mol. The fourth-order valence-electron chi connectivity index (χ4n) is 2.24. The third kappa shape index (κ3) is 5.47. The van der Waals surface area contributed by atoms with E-state index in [1.807, 2.05) is 24.0 Å². The van der Waals surface area contributed by atoms with Crippen LogP contribution in [-0.4, -0.2) is 23.9 Å². The molecule has 4 nitrogen and oxygen atoms in total. The van der Waals surface area contributed by atoms with Gasteiger partial charge >= 0.3 is 0 Å². The van der Waals surface area contributed by atoms with E-state index in [9.17, 15) is 4.79 Å². The Morgan fingerprint density at radius 3 is 2.74 bits per heavy atom. The van der Waals surface area contributed by atoms with E-state index in [-0.39, 0.29) is 5.91 Å². The maximum atomic E-state index is 12.2. The summed E-state index contributed by atoms with van der Waals surface area (Å²) in [6.07, 6.45) is 5.28. The SMILES string of the molecule is CCC(CCN)CCC(=O)N(CC)Cc1ccco1. The van der Waals surface area contributed by atoms with Crippen LogP contribution in [0.4, 0.5) is 0 Å². The minimum atomic E-state index is 0.203.